The third kappa shape index (κ3) is 3.38. The lowest BCUT2D eigenvalue weighted by Crippen LogP contribution is -2.05. The Hall–Kier alpha value is -4.44. The van der Waals surface area contributed by atoms with Gasteiger partial charge in [-0.25, -0.2) is 9.97 Å². The molecule has 4 nitrogen and oxygen atoms in total. The summed E-state index contributed by atoms with van der Waals surface area (Å²) in [5, 5.41) is 4.96. The van der Waals surface area contributed by atoms with Gasteiger partial charge >= 0.3 is 0 Å². The first-order valence-corrected chi connectivity index (χ1v) is 14.5. The number of hydrogen-bond donors (Lipinski definition) is 2. The largest absolute Gasteiger partial charge is 0.342 e. The summed E-state index contributed by atoms with van der Waals surface area (Å²) in [6, 6.07) is 27.1. The first-order valence-electron chi connectivity index (χ1n) is 14.5. The summed E-state index contributed by atoms with van der Waals surface area (Å²) in [6.07, 6.45) is 2.05. The first-order chi connectivity index (χ1) is 19.5. The number of nitrogens with zero attached hydrogens (tertiary/aromatic N) is 2. The molecule has 1 aliphatic carbocycles. The monoisotopic (exact) mass is 520 g/mol. The van der Waals surface area contributed by atoms with Gasteiger partial charge in [-0.3, -0.25) is 0 Å². The van der Waals surface area contributed by atoms with Crippen LogP contribution in [0, 0.1) is 0 Å². The van der Waals surface area contributed by atoms with E-state index in [2.05, 4.69) is 110 Å². The minimum atomic E-state index is 0.350. The zero-order valence-corrected chi connectivity index (χ0v) is 23.4. The molecule has 0 fully saturated rings. The van der Waals surface area contributed by atoms with E-state index in [1.54, 1.807) is 0 Å². The van der Waals surface area contributed by atoms with Gasteiger partial charge in [-0.15, -0.1) is 0 Å². The third-order valence-electron chi connectivity index (χ3n) is 8.73. The van der Waals surface area contributed by atoms with Crippen molar-refractivity contribution in [2.24, 2.45) is 0 Å². The van der Waals surface area contributed by atoms with Crippen LogP contribution in [0.5, 0.6) is 0 Å². The maximum Gasteiger partial charge on any atom is 0.109 e. The molecule has 0 spiro atoms. The number of rotatable bonds is 3. The first kappa shape index (κ1) is 23.4. The van der Waals surface area contributed by atoms with Gasteiger partial charge in [0.25, 0.3) is 0 Å². The van der Waals surface area contributed by atoms with Crippen LogP contribution in [0.3, 0.4) is 0 Å². The Bertz CT molecular complexity index is 2120. The number of nitrogens with one attached hydrogen (secondary N) is 2. The van der Waals surface area contributed by atoms with Crippen LogP contribution >= 0.6 is 0 Å². The average molecular weight is 521 g/mol. The standard InChI is InChI=1S/C36H32N4/c1-19(2)35-37-31-16-15-26-24-12-9-21(17-23(24)11-14-28(26)32(31)38-35)22-10-13-29-30(18-22)25-7-5-6-8-27(25)33-34(29)40-36(39-33)20(3)4/h5-10,12-13,15-20H,11,14H2,1-4H3,(H,37,38)(H,39,40). The predicted molar refractivity (Wildman–Crippen MR) is 167 cm³/mol. The van der Waals surface area contributed by atoms with Gasteiger partial charge in [0.15, 0.2) is 0 Å². The average Bonchev–Trinajstić information content (AvgIpc) is 3.63. The predicted octanol–water partition coefficient (Wildman–Crippen LogP) is 9.42. The molecule has 1 aliphatic rings. The van der Waals surface area contributed by atoms with E-state index in [9.17, 15) is 0 Å². The molecule has 0 saturated carbocycles. The lowest BCUT2D eigenvalue weighted by molar-refractivity contribution is 0.798. The zero-order chi connectivity index (χ0) is 27.1. The summed E-state index contributed by atoms with van der Waals surface area (Å²) in [4.78, 5) is 17.2. The van der Waals surface area contributed by atoms with Crippen molar-refractivity contribution in [3.05, 3.63) is 95.6 Å². The van der Waals surface area contributed by atoms with E-state index in [1.165, 1.54) is 54.9 Å². The van der Waals surface area contributed by atoms with Crippen LogP contribution < -0.4 is 0 Å². The van der Waals surface area contributed by atoms with Gasteiger partial charge in [-0.2, -0.15) is 0 Å². The minimum Gasteiger partial charge on any atom is -0.342 e. The Morgan fingerprint density at radius 3 is 2.12 bits per heavy atom. The number of aromatic amines is 2. The van der Waals surface area contributed by atoms with Crippen LogP contribution in [0.2, 0.25) is 0 Å². The molecule has 0 aliphatic heterocycles. The van der Waals surface area contributed by atoms with Crippen molar-refractivity contribution in [2.45, 2.75) is 52.4 Å². The highest BCUT2D eigenvalue weighted by Crippen LogP contribution is 2.41. The van der Waals surface area contributed by atoms with Gasteiger partial charge in [0.2, 0.25) is 0 Å². The van der Waals surface area contributed by atoms with Crippen LogP contribution in [-0.2, 0) is 12.8 Å². The molecule has 0 bridgehead atoms. The molecule has 0 unspecified atom stereocenters. The molecule has 0 saturated heterocycles. The van der Waals surface area contributed by atoms with Crippen LogP contribution in [0.25, 0.3) is 65.9 Å². The highest BCUT2D eigenvalue weighted by Gasteiger charge is 2.21. The summed E-state index contributed by atoms with van der Waals surface area (Å²) in [5.41, 5.74) is 12.5. The number of imidazole rings is 2. The van der Waals surface area contributed by atoms with Crippen LogP contribution in [-0.4, -0.2) is 19.9 Å². The van der Waals surface area contributed by atoms with E-state index in [1.807, 2.05) is 0 Å². The van der Waals surface area contributed by atoms with Gasteiger partial charge in [0.1, 0.15) is 11.6 Å². The van der Waals surface area contributed by atoms with Gasteiger partial charge in [-0.05, 0) is 69.1 Å². The van der Waals surface area contributed by atoms with Gasteiger partial charge in [-0.1, -0.05) is 88.4 Å². The molecule has 2 aromatic heterocycles. The van der Waals surface area contributed by atoms with Crippen LogP contribution in [0.15, 0.2) is 72.8 Å². The van der Waals surface area contributed by atoms with E-state index in [0.29, 0.717) is 11.8 Å². The summed E-state index contributed by atoms with van der Waals surface area (Å²) in [5.74, 6) is 2.85. The van der Waals surface area contributed by atoms with Gasteiger partial charge in [0.05, 0.1) is 22.1 Å². The van der Waals surface area contributed by atoms with Crippen molar-refractivity contribution in [1.29, 1.82) is 0 Å². The molecule has 4 heteroatoms. The molecule has 196 valence electrons. The number of fused-ring (bicyclic) bond motifs is 11. The van der Waals surface area contributed by atoms with Crippen molar-refractivity contribution in [2.75, 3.05) is 0 Å². The fourth-order valence-electron chi connectivity index (χ4n) is 6.58. The van der Waals surface area contributed by atoms with E-state index in [0.717, 1.165) is 46.6 Å². The molecule has 8 rings (SSSR count). The Kier molecular flexibility index (Phi) is 5.00. The van der Waals surface area contributed by atoms with Crippen LogP contribution in [0.4, 0.5) is 0 Å². The second-order valence-electron chi connectivity index (χ2n) is 11.9. The highest BCUT2D eigenvalue weighted by atomic mass is 14.9. The molecule has 5 aromatic carbocycles. The lowest BCUT2D eigenvalue weighted by Gasteiger charge is -2.21. The SMILES string of the molecule is CC(C)c1nc2c3c(ccc2[nH]1)-c1ccc(-c2ccc4c(c2)c2ccccc2c2nc(C(C)C)[nH]c42)cc1CC3. The summed E-state index contributed by atoms with van der Waals surface area (Å²) in [7, 11) is 0. The fourth-order valence-corrected chi connectivity index (χ4v) is 6.58. The van der Waals surface area contributed by atoms with Crippen molar-refractivity contribution in [3.63, 3.8) is 0 Å². The molecule has 0 amide bonds. The van der Waals surface area contributed by atoms with E-state index in [-0.39, 0.29) is 0 Å². The number of H-pyrrole nitrogens is 2. The highest BCUT2D eigenvalue weighted by molar-refractivity contribution is 6.23. The smallest absolute Gasteiger partial charge is 0.109 e. The number of benzene rings is 5. The Labute approximate surface area is 233 Å². The Morgan fingerprint density at radius 2 is 1.30 bits per heavy atom. The lowest BCUT2D eigenvalue weighted by atomic mass is 9.83. The molecular formula is C36H32N4. The second kappa shape index (κ2) is 8.53. The van der Waals surface area contributed by atoms with Crippen molar-refractivity contribution in [1.82, 2.24) is 19.9 Å². The third-order valence-corrected chi connectivity index (χ3v) is 8.73. The van der Waals surface area contributed by atoms with Crippen molar-refractivity contribution < 1.29 is 0 Å². The van der Waals surface area contributed by atoms with E-state index >= 15 is 0 Å². The summed E-state index contributed by atoms with van der Waals surface area (Å²) < 4.78 is 0. The van der Waals surface area contributed by atoms with Crippen LogP contribution in [0.1, 0.15) is 62.3 Å². The zero-order valence-electron chi connectivity index (χ0n) is 23.4. The van der Waals surface area contributed by atoms with E-state index in [4.69, 9.17) is 9.97 Å². The maximum atomic E-state index is 5.00. The van der Waals surface area contributed by atoms with Gasteiger partial charge < -0.3 is 9.97 Å². The molecular weight excluding hydrogens is 488 g/mol. The molecule has 2 N–H and O–H groups in total. The topological polar surface area (TPSA) is 57.4 Å². The summed E-state index contributed by atoms with van der Waals surface area (Å²) >= 11 is 0. The van der Waals surface area contributed by atoms with Crippen molar-refractivity contribution in [3.8, 4) is 22.3 Å². The Morgan fingerprint density at radius 1 is 0.600 bits per heavy atom. The molecule has 40 heavy (non-hydrogen) atoms. The maximum absolute atomic E-state index is 5.00. The normalized spacial score (nSPS) is 13.2. The number of aromatic nitrogens is 4. The van der Waals surface area contributed by atoms with Gasteiger partial charge in [0, 0.05) is 22.6 Å². The number of aryl methyl sites for hydroxylation is 2. The molecule has 2 heterocycles. The molecule has 0 radical (unpaired) electrons. The fraction of sp³-hybridized carbons (Fsp3) is 0.222. The molecule has 0 atom stereocenters. The van der Waals surface area contributed by atoms with Crippen molar-refractivity contribution >= 4 is 43.6 Å². The Balaban J connectivity index is 1.27. The minimum absolute atomic E-state index is 0.350. The quantitative estimate of drug-likeness (QED) is 0.228. The van der Waals surface area contributed by atoms with E-state index < -0.39 is 0 Å². The summed E-state index contributed by atoms with van der Waals surface area (Å²) in [6.45, 7) is 8.76. The molecule has 7 aromatic rings. The second-order valence-corrected chi connectivity index (χ2v) is 11.9. The number of hydrogen-bond acceptors (Lipinski definition) is 2.